The average Bonchev–Trinajstić information content (AvgIpc) is 2.80. The van der Waals surface area contributed by atoms with E-state index in [1.54, 1.807) is 31.6 Å². The van der Waals surface area contributed by atoms with Gasteiger partial charge in [-0.1, -0.05) is 36.2 Å². The molecule has 170 valence electrons. The Morgan fingerprint density at radius 1 is 1.00 bits per heavy atom. The summed E-state index contributed by atoms with van der Waals surface area (Å²) in [6, 6.07) is 13.1. The molecule has 0 saturated heterocycles. The summed E-state index contributed by atoms with van der Waals surface area (Å²) in [6.07, 6.45) is 5.72. The quantitative estimate of drug-likeness (QED) is 0.319. The van der Waals surface area contributed by atoms with Crippen molar-refractivity contribution in [2.45, 2.75) is 31.2 Å². The van der Waals surface area contributed by atoms with Crippen LogP contribution < -0.4 is 9.46 Å². The summed E-state index contributed by atoms with van der Waals surface area (Å²) < 4.78 is 34.6. The van der Waals surface area contributed by atoms with E-state index in [-0.39, 0.29) is 14.9 Å². The summed E-state index contributed by atoms with van der Waals surface area (Å²) in [6.45, 7) is 3.74. The molecule has 9 heteroatoms. The van der Waals surface area contributed by atoms with Gasteiger partial charge in [0.1, 0.15) is 5.75 Å². The Morgan fingerprint density at radius 3 is 2.58 bits per heavy atom. The fourth-order valence-electron chi connectivity index (χ4n) is 3.58. The smallest absolute Gasteiger partial charge is 0.241 e. The fourth-order valence-corrected chi connectivity index (χ4v) is 5.19. The third kappa shape index (κ3) is 5.12. The van der Waals surface area contributed by atoms with Gasteiger partial charge in [0.25, 0.3) is 0 Å². The monoisotopic (exact) mass is 501 g/mol. The molecule has 4 aromatic rings. The second-order valence-electron chi connectivity index (χ2n) is 7.44. The highest BCUT2D eigenvalue weighted by atomic mass is 35.5. The second kappa shape index (κ2) is 9.65. The number of aromatic nitrogens is 2. The molecule has 33 heavy (non-hydrogen) atoms. The molecule has 1 N–H and O–H groups in total. The zero-order chi connectivity index (χ0) is 23.6. The van der Waals surface area contributed by atoms with Gasteiger partial charge in [0, 0.05) is 35.6 Å². The first kappa shape index (κ1) is 23.4. The number of nitrogens with zero attached hydrogens (tertiary/aromatic N) is 2. The van der Waals surface area contributed by atoms with Crippen LogP contribution >= 0.6 is 23.2 Å². The molecule has 1 unspecified atom stereocenters. The molecule has 0 saturated carbocycles. The lowest BCUT2D eigenvalue weighted by Crippen LogP contribution is -2.27. The zero-order valence-electron chi connectivity index (χ0n) is 17.9. The molecular weight excluding hydrogens is 481 g/mol. The van der Waals surface area contributed by atoms with Gasteiger partial charge in [-0.2, -0.15) is 0 Å². The van der Waals surface area contributed by atoms with E-state index in [1.165, 1.54) is 18.2 Å². The van der Waals surface area contributed by atoms with Crippen molar-refractivity contribution in [1.82, 2.24) is 14.7 Å². The van der Waals surface area contributed by atoms with Gasteiger partial charge in [0.15, 0.2) is 0 Å². The molecule has 2 aromatic heterocycles. The minimum absolute atomic E-state index is 0.0390. The summed E-state index contributed by atoms with van der Waals surface area (Å²) in [5.74, 6) is 1.05. The standard InChI is InChI=1S/C24H21Cl2N3O3S/c1-3-20-21(15(2)29-33(30,31)19-6-7-22(25)23(26)13-19)9-11-28-24(20)32-18-5-4-16-8-10-27-14-17(16)12-18/h4-15,29H,3H2,1-2H3. The molecule has 0 aliphatic heterocycles. The predicted octanol–water partition coefficient (Wildman–Crippen LogP) is 6.33. The van der Waals surface area contributed by atoms with Gasteiger partial charge >= 0.3 is 0 Å². The van der Waals surface area contributed by atoms with Crippen molar-refractivity contribution in [3.8, 4) is 11.6 Å². The van der Waals surface area contributed by atoms with Gasteiger partial charge in [-0.25, -0.2) is 18.1 Å². The SMILES string of the molecule is CCc1c(C(C)NS(=O)(=O)c2ccc(Cl)c(Cl)c2)ccnc1Oc1ccc2ccncc2c1. The predicted molar refractivity (Wildman–Crippen MR) is 131 cm³/mol. The van der Waals surface area contributed by atoms with Crippen molar-refractivity contribution in [3.63, 3.8) is 0 Å². The van der Waals surface area contributed by atoms with Gasteiger partial charge in [0.2, 0.25) is 15.9 Å². The molecule has 6 nitrogen and oxygen atoms in total. The van der Waals surface area contributed by atoms with Crippen LogP contribution in [0.3, 0.4) is 0 Å². The van der Waals surface area contributed by atoms with Crippen LogP contribution in [0, 0.1) is 0 Å². The van der Waals surface area contributed by atoms with Crippen molar-refractivity contribution < 1.29 is 13.2 Å². The third-order valence-electron chi connectivity index (χ3n) is 5.23. The van der Waals surface area contributed by atoms with Gasteiger partial charge in [-0.15, -0.1) is 0 Å². The van der Waals surface area contributed by atoms with Crippen LogP contribution in [-0.2, 0) is 16.4 Å². The van der Waals surface area contributed by atoms with Gasteiger partial charge in [-0.3, -0.25) is 4.98 Å². The fraction of sp³-hybridized carbons (Fsp3) is 0.167. The van der Waals surface area contributed by atoms with E-state index in [9.17, 15) is 8.42 Å². The number of halogens is 2. The molecule has 2 aromatic carbocycles. The lowest BCUT2D eigenvalue weighted by Gasteiger charge is -2.20. The van der Waals surface area contributed by atoms with Crippen LogP contribution in [0.5, 0.6) is 11.6 Å². The molecule has 0 aliphatic carbocycles. The minimum atomic E-state index is -3.83. The minimum Gasteiger partial charge on any atom is -0.439 e. The van der Waals surface area contributed by atoms with Crippen LogP contribution in [-0.4, -0.2) is 18.4 Å². The van der Waals surface area contributed by atoms with Gasteiger partial charge in [-0.05, 0) is 66.8 Å². The first-order valence-electron chi connectivity index (χ1n) is 10.3. The second-order valence-corrected chi connectivity index (χ2v) is 9.97. The zero-order valence-corrected chi connectivity index (χ0v) is 20.2. The summed E-state index contributed by atoms with van der Waals surface area (Å²) in [5, 5.41) is 2.47. The van der Waals surface area contributed by atoms with E-state index in [0.29, 0.717) is 18.1 Å². The van der Waals surface area contributed by atoms with Crippen LogP contribution in [0.4, 0.5) is 0 Å². The summed E-state index contributed by atoms with van der Waals surface area (Å²) in [7, 11) is -3.83. The Hall–Kier alpha value is -2.71. The van der Waals surface area contributed by atoms with Crippen molar-refractivity contribution in [2.24, 2.45) is 0 Å². The van der Waals surface area contributed by atoms with E-state index in [2.05, 4.69) is 14.7 Å². The first-order chi connectivity index (χ1) is 15.8. The van der Waals surface area contributed by atoms with Crippen molar-refractivity contribution in [2.75, 3.05) is 0 Å². The molecule has 4 rings (SSSR count). The summed E-state index contributed by atoms with van der Waals surface area (Å²) in [5.41, 5.74) is 1.58. The highest BCUT2D eigenvalue weighted by Crippen LogP contribution is 2.32. The number of pyridine rings is 2. The van der Waals surface area contributed by atoms with Crippen LogP contribution in [0.2, 0.25) is 10.0 Å². The topological polar surface area (TPSA) is 81.2 Å². The Balaban J connectivity index is 1.62. The number of benzene rings is 2. The molecule has 0 spiro atoms. The van der Waals surface area contributed by atoms with E-state index in [0.717, 1.165) is 21.9 Å². The number of rotatable bonds is 7. The maximum Gasteiger partial charge on any atom is 0.241 e. The van der Waals surface area contributed by atoms with E-state index >= 15 is 0 Å². The van der Waals surface area contributed by atoms with Crippen molar-refractivity contribution >= 4 is 44.0 Å². The average molecular weight is 502 g/mol. The molecule has 1 atom stereocenters. The molecular formula is C24H21Cl2N3O3S. The number of nitrogens with one attached hydrogen (secondary N) is 1. The number of sulfonamides is 1. The lowest BCUT2D eigenvalue weighted by molar-refractivity contribution is 0.454. The Kier molecular flexibility index (Phi) is 6.86. The van der Waals surface area contributed by atoms with Crippen molar-refractivity contribution in [1.29, 1.82) is 0 Å². The first-order valence-corrected chi connectivity index (χ1v) is 12.5. The summed E-state index contributed by atoms with van der Waals surface area (Å²) >= 11 is 11.9. The lowest BCUT2D eigenvalue weighted by atomic mass is 10.0. The largest absolute Gasteiger partial charge is 0.439 e. The molecule has 2 heterocycles. The van der Waals surface area contributed by atoms with Gasteiger partial charge < -0.3 is 4.74 Å². The van der Waals surface area contributed by atoms with Crippen LogP contribution in [0.15, 0.2) is 72.0 Å². The number of hydrogen-bond acceptors (Lipinski definition) is 5. The van der Waals surface area contributed by atoms with E-state index < -0.39 is 16.1 Å². The Labute approximate surface area is 202 Å². The highest BCUT2D eigenvalue weighted by Gasteiger charge is 2.22. The van der Waals surface area contributed by atoms with E-state index in [4.69, 9.17) is 27.9 Å². The molecule has 0 bridgehead atoms. The highest BCUT2D eigenvalue weighted by molar-refractivity contribution is 7.89. The third-order valence-corrected chi connectivity index (χ3v) is 7.51. The Bertz CT molecular complexity index is 1430. The molecule has 0 fully saturated rings. The Morgan fingerprint density at radius 2 is 1.82 bits per heavy atom. The maximum absolute atomic E-state index is 12.9. The van der Waals surface area contributed by atoms with Gasteiger partial charge in [0.05, 0.1) is 14.9 Å². The van der Waals surface area contributed by atoms with E-state index in [1.807, 2.05) is 31.2 Å². The molecule has 0 amide bonds. The molecule has 0 radical (unpaired) electrons. The summed E-state index contributed by atoms with van der Waals surface area (Å²) in [4.78, 5) is 8.59. The van der Waals surface area contributed by atoms with Crippen LogP contribution in [0.1, 0.15) is 31.0 Å². The number of hydrogen-bond donors (Lipinski definition) is 1. The number of fused-ring (bicyclic) bond motifs is 1. The van der Waals surface area contributed by atoms with Crippen molar-refractivity contribution in [3.05, 3.63) is 88.3 Å². The normalized spacial score (nSPS) is 12.6. The maximum atomic E-state index is 12.9. The molecule has 0 aliphatic rings. The van der Waals surface area contributed by atoms with Crippen LogP contribution in [0.25, 0.3) is 10.8 Å². The number of ether oxygens (including phenoxy) is 1.